The molecule has 0 saturated heterocycles. The van der Waals surface area contributed by atoms with E-state index in [0.29, 0.717) is 0 Å². The maximum absolute atomic E-state index is 11.0. The van der Waals surface area contributed by atoms with E-state index in [1.54, 1.807) is 25.3 Å². The summed E-state index contributed by atoms with van der Waals surface area (Å²) in [5.41, 5.74) is 3.00. The van der Waals surface area contributed by atoms with Gasteiger partial charge in [0.25, 0.3) is 0 Å². The lowest BCUT2D eigenvalue weighted by molar-refractivity contribution is 0.0697. The summed E-state index contributed by atoms with van der Waals surface area (Å²) in [5.74, 6) is -0.132. The number of ether oxygens (including phenoxy) is 1. The number of methoxy groups -OCH3 is 1. The molecule has 3 aromatic rings. The van der Waals surface area contributed by atoms with Gasteiger partial charge >= 0.3 is 5.97 Å². The molecule has 0 aliphatic carbocycles. The van der Waals surface area contributed by atoms with E-state index in [2.05, 4.69) is 4.98 Å². The molecular formula is C16H13NO3. The zero-order valence-corrected chi connectivity index (χ0v) is 10.9. The number of rotatable bonds is 3. The van der Waals surface area contributed by atoms with Crippen LogP contribution < -0.4 is 4.74 Å². The maximum atomic E-state index is 11.0. The van der Waals surface area contributed by atoms with Crippen LogP contribution in [-0.4, -0.2) is 23.2 Å². The Morgan fingerprint density at radius 3 is 2.75 bits per heavy atom. The Morgan fingerprint density at radius 2 is 2.00 bits per heavy atom. The Balaban J connectivity index is 2.10. The van der Waals surface area contributed by atoms with Crippen LogP contribution in [0.25, 0.3) is 22.2 Å². The molecule has 0 unspecified atom stereocenters. The van der Waals surface area contributed by atoms with Gasteiger partial charge in [0, 0.05) is 16.6 Å². The summed E-state index contributed by atoms with van der Waals surface area (Å²) in [6.45, 7) is 0. The zero-order valence-electron chi connectivity index (χ0n) is 10.9. The van der Waals surface area contributed by atoms with Crippen molar-refractivity contribution in [2.24, 2.45) is 0 Å². The second-order valence-electron chi connectivity index (χ2n) is 4.52. The number of carboxylic acid groups (broad SMARTS) is 1. The molecule has 4 heteroatoms. The molecule has 0 amide bonds. The van der Waals surface area contributed by atoms with E-state index in [0.717, 1.165) is 27.9 Å². The van der Waals surface area contributed by atoms with Gasteiger partial charge in [-0.25, -0.2) is 4.79 Å². The minimum Gasteiger partial charge on any atom is -0.497 e. The van der Waals surface area contributed by atoms with Gasteiger partial charge < -0.3 is 14.8 Å². The number of hydrogen-bond acceptors (Lipinski definition) is 2. The molecule has 0 aliphatic heterocycles. The Kier molecular flexibility index (Phi) is 2.91. The summed E-state index contributed by atoms with van der Waals surface area (Å²) in [5, 5.41) is 10.1. The van der Waals surface area contributed by atoms with Crippen molar-refractivity contribution >= 4 is 16.9 Å². The molecule has 100 valence electrons. The van der Waals surface area contributed by atoms with E-state index in [1.807, 2.05) is 30.3 Å². The van der Waals surface area contributed by atoms with E-state index in [9.17, 15) is 4.79 Å². The molecule has 3 rings (SSSR count). The second kappa shape index (κ2) is 4.74. The smallest absolute Gasteiger partial charge is 0.335 e. The lowest BCUT2D eigenvalue weighted by Gasteiger charge is -1.99. The van der Waals surface area contributed by atoms with Gasteiger partial charge in [0.05, 0.1) is 12.7 Å². The van der Waals surface area contributed by atoms with Gasteiger partial charge in [-0.05, 0) is 42.0 Å². The maximum Gasteiger partial charge on any atom is 0.335 e. The predicted octanol–water partition coefficient (Wildman–Crippen LogP) is 3.54. The van der Waals surface area contributed by atoms with E-state index in [-0.39, 0.29) is 5.56 Å². The van der Waals surface area contributed by atoms with Crippen LogP contribution in [0.2, 0.25) is 0 Å². The van der Waals surface area contributed by atoms with Crippen LogP contribution in [0.15, 0.2) is 48.5 Å². The van der Waals surface area contributed by atoms with Crippen LogP contribution >= 0.6 is 0 Å². The third kappa shape index (κ3) is 2.12. The standard InChI is InChI=1S/C16H13NO3/c1-20-13-5-6-14-12(8-13)9-15(17-14)10-3-2-4-11(7-10)16(18)19/h2-9,17H,1H3,(H,18,19). The second-order valence-corrected chi connectivity index (χ2v) is 4.52. The topological polar surface area (TPSA) is 62.3 Å². The van der Waals surface area contributed by atoms with Gasteiger partial charge in [-0.2, -0.15) is 0 Å². The summed E-state index contributed by atoms with van der Waals surface area (Å²) in [4.78, 5) is 14.3. The number of hydrogen-bond donors (Lipinski definition) is 2. The van der Waals surface area contributed by atoms with Crippen molar-refractivity contribution in [3.05, 3.63) is 54.1 Å². The van der Waals surface area contributed by atoms with Crippen LogP contribution in [0, 0.1) is 0 Å². The molecule has 1 aromatic heterocycles. The summed E-state index contributed by atoms with van der Waals surface area (Å²) < 4.78 is 5.20. The monoisotopic (exact) mass is 267 g/mol. The van der Waals surface area contributed by atoms with E-state index < -0.39 is 5.97 Å². The average molecular weight is 267 g/mol. The molecule has 0 spiro atoms. The average Bonchev–Trinajstić information content (AvgIpc) is 2.90. The van der Waals surface area contributed by atoms with Crippen LogP contribution in [-0.2, 0) is 0 Å². The van der Waals surface area contributed by atoms with Crippen molar-refractivity contribution in [1.82, 2.24) is 4.98 Å². The number of aromatic amines is 1. The van der Waals surface area contributed by atoms with Gasteiger partial charge in [-0.15, -0.1) is 0 Å². The summed E-state index contributed by atoms with van der Waals surface area (Å²) in [6, 6.07) is 14.6. The Hall–Kier alpha value is -2.75. The van der Waals surface area contributed by atoms with Crippen LogP contribution in [0.5, 0.6) is 5.75 Å². The molecule has 0 aliphatic rings. The van der Waals surface area contributed by atoms with Crippen molar-refractivity contribution in [2.45, 2.75) is 0 Å². The summed E-state index contributed by atoms with van der Waals surface area (Å²) >= 11 is 0. The van der Waals surface area contributed by atoms with Gasteiger partial charge in [-0.1, -0.05) is 12.1 Å². The Morgan fingerprint density at radius 1 is 1.15 bits per heavy atom. The molecule has 2 N–H and O–H groups in total. The van der Waals surface area contributed by atoms with E-state index >= 15 is 0 Å². The lowest BCUT2D eigenvalue weighted by Crippen LogP contribution is -1.95. The van der Waals surface area contributed by atoms with Crippen molar-refractivity contribution in [1.29, 1.82) is 0 Å². The highest BCUT2D eigenvalue weighted by Gasteiger charge is 2.07. The third-order valence-electron chi connectivity index (χ3n) is 3.25. The van der Waals surface area contributed by atoms with E-state index in [4.69, 9.17) is 9.84 Å². The first kappa shape index (κ1) is 12.3. The number of aromatic carboxylic acids is 1. The molecule has 0 atom stereocenters. The van der Waals surface area contributed by atoms with Crippen molar-refractivity contribution in [3.63, 3.8) is 0 Å². The summed E-state index contributed by atoms with van der Waals surface area (Å²) in [6.07, 6.45) is 0. The number of benzene rings is 2. The molecule has 1 heterocycles. The lowest BCUT2D eigenvalue weighted by atomic mass is 10.1. The molecule has 2 aromatic carbocycles. The first-order chi connectivity index (χ1) is 9.67. The van der Waals surface area contributed by atoms with Crippen molar-refractivity contribution in [2.75, 3.05) is 7.11 Å². The zero-order chi connectivity index (χ0) is 14.1. The number of H-pyrrole nitrogens is 1. The highest BCUT2D eigenvalue weighted by molar-refractivity contribution is 5.91. The minimum absolute atomic E-state index is 0.277. The fourth-order valence-electron chi connectivity index (χ4n) is 2.21. The largest absolute Gasteiger partial charge is 0.497 e. The quantitative estimate of drug-likeness (QED) is 0.763. The highest BCUT2D eigenvalue weighted by Crippen LogP contribution is 2.27. The van der Waals surface area contributed by atoms with Crippen LogP contribution in [0.4, 0.5) is 0 Å². The van der Waals surface area contributed by atoms with Crippen molar-refractivity contribution in [3.8, 4) is 17.0 Å². The van der Waals surface area contributed by atoms with Gasteiger partial charge in [0.2, 0.25) is 0 Å². The van der Waals surface area contributed by atoms with Gasteiger partial charge in [-0.3, -0.25) is 0 Å². The van der Waals surface area contributed by atoms with Crippen molar-refractivity contribution < 1.29 is 14.6 Å². The van der Waals surface area contributed by atoms with E-state index in [1.165, 1.54) is 0 Å². The number of fused-ring (bicyclic) bond motifs is 1. The molecule has 0 fully saturated rings. The minimum atomic E-state index is -0.926. The van der Waals surface area contributed by atoms with Crippen LogP contribution in [0.1, 0.15) is 10.4 Å². The Labute approximate surface area is 115 Å². The fraction of sp³-hybridized carbons (Fsp3) is 0.0625. The third-order valence-corrected chi connectivity index (χ3v) is 3.25. The summed E-state index contributed by atoms with van der Waals surface area (Å²) in [7, 11) is 1.63. The number of carboxylic acids is 1. The molecule has 0 bridgehead atoms. The van der Waals surface area contributed by atoms with Gasteiger partial charge in [0.15, 0.2) is 0 Å². The number of aromatic nitrogens is 1. The Bertz CT molecular complexity index is 789. The SMILES string of the molecule is COc1ccc2[nH]c(-c3cccc(C(=O)O)c3)cc2c1. The first-order valence-electron chi connectivity index (χ1n) is 6.18. The number of carbonyl (C=O) groups is 1. The molecule has 0 saturated carbocycles. The number of nitrogens with one attached hydrogen (secondary N) is 1. The molecular weight excluding hydrogens is 254 g/mol. The normalized spacial score (nSPS) is 10.7. The van der Waals surface area contributed by atoms with Gasteiger partial charge in [0.1, 0.15) is 5.75 Å². The predicted molar refractivity (Wildman–Crippen MR) is 77.2 cm³/mol. The first-order valence-corrected chi connectivity index (χ1v) is 6.18. The van der Waals surface area contributed by atoms with Crippen LogP contribution in [0.3, 0.4) is 0 Å². The highest BCUT2D eigenvalue weighted by atomic mass is 16.5. The fourth-order valence-corrected chi connectivity index (χ4v) is 2.21. The molecule has 20 heavy (non-hydrogen) atoms. The molecule has 4 nitrogen and oxygen atoms in total. The molecule has 0 radical (unpaired) electrons.